The third-order valence-corrected chi connectivity index (χ3v) is 3.18. The Morgan fingerprint density at radius 1 is 1.19 bits per heavy atom. The fraction of sp³-hybridized carbons (Fsp3) is 0.188. The number of carbonyl (C=O) groups is 1. The number of nitrogens with zero attached hydrogens (tertiary/aromatic N) is 1. The van der Waals surface area contributed by atoms with Crippen molar-refractivity contribution in [2.75, 3.05) is 7.11 Å². The molecule has 0 aliphatic rings. The highest BCUT2D eigenvalue weighted by molar-refractivity contribution is 5.98. The summed E-state index contributed by atoms with van der Waals surface area (Å²) in [6.45, 7) is 1.98. The number of rotatable bonds is 5. The first-order chi connectivity index (χ1) is 10.0. The molecule has 0 atom stereocenters. The van der Waals surface area contributed by atoms with Crippen LogP contribution in [-0.2, 0) is 6.42 Å². The van der Waals surface area contributed by atoms with Crippen LogP contribution in [0.3, 0.4) is 0 Å². The SMILES string of the molecule is COc1cc(C(=O)Cc2ccc(C)cc2)ccc1[N+](=O)[O-]. The number of ether oxygens (including phenoxy) is 1. The first-order valence-corrected chi connectivity index (χ1v) is 6.42. The second-order valence-corrected chi connectivity index (χ2v) is 4.73. The minimum Gasteiger partial charge on any atom is -0.490 e. The Balaban J connectivity index is 2.23. The third kappa shape index (κ3) is 3.45. The van der Waals surface area contributed by atoms with Crippen molar-refractivity contribution in [3.63, 3.8) is 0 Å². The van der Waals surface area contributed by atoms with Crippen molar-refractivity contribution in [3.05, 3.63) is 69.3 Å². The Morgan fingerprint density at radius 3 is 2.43 bits per heavy atom. The van der Waals surface area contributed by atoms with Crippen LogP contribution < -0.4 is 4.74 Å². The minimum atomic E-state index is -0.535. The van der Waals surface area contributed by atoms with Crippen molar-refractivity contribution < 1.29 is 14.5 Å². The van der Waals surface area contributed by atoms with E-state index >= 15 is 0 Å². The van der Waals surface area contributed by atoms with Crippen molar-refractivity contribution in [2.45, 2.75) is 13.3 Å². The number of methoxy groups -OCH3 is 1. The average molecular weight is 285 g/mol. The molecular formula is C16H15NO4. The average Bonchev–Trinajstić information content (AvgIpc) is 2.48. The summed E-state index contributed by atoms with van der Waals surface area (Å²) in [6.07, 6.45) is 0.251. The molecule has 0 heterocycles. The normalized spacial score (nSPS) is 10.2. The van der Waals surface area contributed by atoms with E-state index in [1.807, 2.05) is 31.2 Å². The van der Waals surface area contributed by atoms with Crippen LogP contribution in [0.25, 0.3) is 0 Å². The predicted octanol–water partition coefficient (Wildman–Crippen LogP) is 3.34. The lowest BCUT2D eigenvalue weighted by Crippen LogP contribution is -2.05. The Kier molecular flexibility index (Phi) is 4.33. The van der Waals surface area contributed by atoms with Crippen LogP contribution >= 0.6 is 0 Å². The number of carbonyl (C=O) groups excluding carboxylic acids is 1. The summed E-state index contributed by atoms with van der Waals surface area (Å²) in [5.41, 5.74) is 2.29. The van der Waals surface area contributed by atoms with Crippen LogP contribution in [0.5, 0.6) is 5.75 Å². The van der Waals surface area contributed by atoms with E-state index in [-0.39, 0.29) is 23.6 Å². The molecular weight excluding hydrogens is 270 g/mol. The Bertz CT molecular complexity index is 677. The fourth-order valence-corrected chi connectivity index (χ4v) is 2.00. The molecule has 0 saturated heterocycles. The molecule has 0 bridgehead atoms. The van der Waals surface area contributed by atoms with Gasteiger partial charge in [-0.25, -0.2) is 0 Å². The second-order valence-electron chi connectivity index (χ2n) is 4.73. The number of hydrogen-bond acceptors (Lipinski definition) is 4. The van der Waals surface area contributed by atoms with E-state index < -0.39 is 4.92 Å². The standard InChI is InChI=1S/C16H15NO4/c1-11-3-5-12(6-4-11)9-15(18)13-7-8-14(17(19)20)16(10-13)21-2/h3-8,10H,9H2,1-2H3. The number of benzene rings is 2. The van der Waals surface area contributed by atoms with Crippen LogP contribution in [0, 0.1) is 17.0 Å². The molecule has 0 aromatic heterocycles. The number of Topliss-reactive ketones (excluding diaryl/α,β-unsaturated/α-hetero) is 1. The zero-order valence-electron chi connectivity index (χ0n) is 11.8. The molecule has 2 aromatic rings. The zero-order chi connectivity index (χ0) is 15.4. The third-order valence-electron chi connectivity index (χ3n) is 3.18. The largest absolute Gasteiger partial charge is 0.490 e. The Hall–Kier alpha value is -2.69. The van der Waals surface area contributed by atoms with Gasteiger partial charge in [0.15, 0.2) is 11.5 Å². The van der Waals surface area contributed by atoms with Crippen molar-refractivity contribution in [1.82, 2.24) is 0 Å². The summed E-state index contributed by atoms with van der Waals surface area (Å²) in [6, 6.07) is 11.8. The molecule has 0 fully saturated rings. The van der Waals surface area contributed by atoms with Gasteiger partial charge in [-0.15, -0.1) is 0 Å². The summed E-state index contributed by atoms with van der Waals surface area (Å²) in [7, 11) is 1.34. The van der Waals surface area contributed by atoms with Gasteiger partial charge in [-0.1, -0.05) is 29.8 Å². The van der Waals surface area contributed by atoms with Gasteiger partial charge >= 0.3 is 5.69 Å². The Morgan fingerprint density at radius 2 is 1.86 bits per heavy atom. The molecule has 5 heteroatoms. The molecule has 2 rings (SSSR count). The van der Waals surface area contributed by atoms with E-state index in [4.69, 9.17) is 4.74 Å². The molecule has 2 aromatic carbocycles. The summed E-state index contributed by atoms with van der Waals surface area (Å²) >= 11 is 0. The van der Waals surface area contributed by atoms with Crippen molar-refractivity contribution in [3.8, 4) is 5.75 Å². The highest BCUT2D eigenvalue weighted by Crippen LogP contribution is 2.28. The van der Waals surface area contributed by atoms with Gasteiger partial charge in [0.1, 0.15) is 0 Å². The van der Waals surface area contributed by atoms with Crippen LogP contribution in [0.1, 0.15) is 21.5 Å². The maximum Gasteiger partial charge on any atom is 0.310 e. The quantitative estimate of drug-likeness (QED) is 0.480. The number of hydrogen-bond donors (Lipinski definition) is 0. The Labute approximate surface area is 122 Å². The minimum absolute atomic E-state index is 0.0924. The topological polar surface area (TPSA) is 69.4 Å². The van der Waals surface area contributed by atoms with Crippen molar-refractivity contribution in [1.29, 1.82) is 0 Å². The lowest BCUT2D eigenvalue weighted by Gasteiger charge is -2.05. The van der Waals surface area contributed by atoms with E-state index in [1.165, 1.54) is 25.3 Å². The highest BCUT2D eigenvalue weighted by Gasteiger charge is 2.17. The van der Waals surface area contributed by atoms with Crippen molar-refractivity contribution in [2.24, 2.45) is 0 Å². The number of nitro groups is 1. The van der Waals surface area contributed by atoms with Crippen LogP contribution in [0.15, 0.2) is 42.5 Å². The van der Waals surface area contributed by atoms with Gasteiger partial charge < -0.3 is 4.74 Å². The molecule has 0 spiro atoms. The first kappa shape index (κ1) is 14.7. The van der Waals surface area contributed by atoms with E-state index in [0.29, 0.717) is 5.56 Å². The molecule has 0 N–H and O–H groups in total. The summed E-state index contributed by atoms with van der Waals surface area (Å²) in [4.78, 5) is 22.5. The summed E-state index contributed by atoms with van der Waals surface area (Å²) in [5, 5.41) is 10.8. The van der Waals surface area contributed by atoms with Gasteiger partial charge in [0.05, 0.1) is 12.0 Å². The molecule has 21 heavy (non-hydrogen) atoms. The molecule has 0 aliphatic carbocycles. The van der Waals surface area contributed by atoms with Gasteiger partial charge in [-0.05, 0) is 24.6 Å². The van der Waals surface area contributed by atoms with Crippen molar-refractivity contribution >= 4 is 11.5 Å². The molecule has 0 unspecified atom stereocenters. The van der Waals surface area contributed by atoms with Gasteiger partial charge in [-0.3, -0.25) is 14.9 Å². The lowest BCUT2D eigenvalue weighted by molar-refractivity contribution is -0.385. The van der Waals surface area contributed by atoms with E-state index in [1.54, 1.807) is 0 Å². The highest BCUT2D eigenvalue weighted by atomic mass is 16.6. The van der Waals surface area contributed by atoms with Gasteiger partial charge in [0.2, 0.25) is 0 Å². The van der Waals surface area contributed by atoms with Gasteiger partial charge in [-0.2, -0.15) is 0 Å². The summed E-state index contributed by atoms with van der Waals surface area (Å²) < 4.78 is 4.97. The monoisotopic (exact) mass is 285 g/mol. The molecule has 0 amide bonds. The van der Waals surface area contributed by atoms with E-state index in [0.717, 1.165) is 11.1 Å². The zero-order valence-corrected chi connectivity index (χ0v) is 11.8. The fourth-order valence-electron chi connectivity index (χ4n) is 2.00. The molecule has 0 radical (unpaired) electrons. The number of nitro benzene ring substituents is 1. The van der Waals surface area contributed by atoms with Gasteiger partial charge in [0, 0.05) is 18.1 Å². The number of ketones is 1. The predicted molar refractivity (Wildman–Crippen MR) is 78.9 cm³/mol. The first-order valence-electron chi connectivity index (χ1n) is 6.42. The van der Waals surface area contributed by atoms with E-state index in [2.05, 4.69) is 0 Å². The maximum atomic E-state index is 12.2. The van der Waals surface area contributed by atoms with Gasteiger partial charge in [0.25, 0.3) is 0 Å². The van der Waals surface area contributed by atoms with Crippen LogP contribution in [0.2, 0.25) is 0 Å². The van der Waals surface area contributed by atoms with Crippen LogP contribution in [0.4, 0.5) is 5.69 Å². The number of aryl methyl sites for hydroxylation is 1. The molecule has 0 saturated carbocycles. The molecule has 0 aliphatic heterocycles. The lowest BCUT2D eigenvalue weighted by atomic mass is 10.0. The summed E-state index contributed by atoms with van der Waals surface area (Å²) in [5.74, 6) is -0.0122. The van der Waals surface area contributed by atoms with E-state index in [9.17, 15) is 14.9 Å². The maximum absolute atomic E-state index is 12.2. The van der Waals surface area contributed by atoms with Crippen LogP contribution in [-0.4, -0.2) is 17.8 Å². The molecule has 108 valence electrons. The molecule has 5 nitrogen and oxygen atoms in total. The second kappa shape index (κ2) is 6.17. The smallest absolute Gasteiger partial charge is 0.310 e.